The van der Waals surface area contributed by atoms with Crippen LogP contribution in [0.25, 0.3) is 0 Å². The van der Waals surface area contributed by atoms with Gasteiger partial charge in [-0.15, -0.1) is 0 Å². The van der Waals surface area contributed by atoms with Crippen LogP contribution in [0.15, 0.2) is 48.6 Å². The highest BCUT2D eigenvalue weighted by molar-refractivity contribution is 7.80. The summed E-state index contributed by atoms with van der Waals surface area (Å²) in [6, 6.07) is 0. The Morgan fingerprint density at radius 3 is 1.96 bits per heavy atom. The lowest BCUT2D eigenvalue weighted by Gasteiger charge is -2.41. The van der Waals surface area contributed by atoms with Crippen molar-refractivity contribution in [3.05, 3.63) is 48.6 Å². The number of aliphatic hydroxyl groups excluding tert-OH is 3. The summed E-state index contributed by atoms with van der Waals surface area (Å²) in [5.74, 6) is -0.419. The molecule has 0 aromatic heterocycles. The van der Waals surface area contributed by atoms with Gasteiger partial charge in [-0.3, -0.25) is 9.35 Å². The van der Waals surface area contributed by atoms with Crippen molar-refractivity contribution in [3.63, 3.8) is 0 Å². The van der Waals surface area contributed by atoms with Gasteiger partial charge in [0, 0.05) is 13.0 Å². The number of hydrogen-bond acceptors (Lipinski definition) is 11. The fourth-order valence-corrected chi connectivity index (χ4v) is 5.88. The first-order valence-electron chi connectivity index (χ1n) is 18.9. The van der Waals surface area contributed by atoms with Gasteiger partial charge in [-0.1, -0.05) is 114 Å². The Bertz CT molecular complexity index is 1090. The van der Waals surface area contributed by atoms with Gasteiger partial charge in [0.2, 0.25) is 0 Å². The minimum absolute atomic E-state index is 0.0137. The summed E-state index contributed by atoms with van der Waals surface area (Å²) in [7, 11) is -5.06. The molecule has 4 N–H and O–H groups in total. The number of unbranched alkanes of at least 4 members (excludes halogenated alkanes) is 10. The van der Waals surface area contributed by atoms with E-state index in [1.165, 1.54) is 25.7 Å². The molecule has 0 aliphatic carbocycles. The third-order valence-electron chi connectivity index (χ3n) is 8.22. The molecule has 1 fully saturated rings. The molecule has 1 rings (SSSR count). The number of rotatable bonds is 31. The molecule has 1 heterocycles. The Morgan fingerprint density at radius 1 is 0.765 bits per heavy atom. The highest BCUT2D eigenvalue weighted by atomic mass is 32.3. The van der Waals surface area contributed by atoms with E-state index >= 15 is 0 Å². The Morgan fingerprint density at radius 2 is 1.35 bits per heavy atom. The molecule has 0 saturated carbocycles. The van der Waals surface area contributed by atoms with Crippen LogP contribution in [0.1, 0.15) is 123 Å². The van der Waals surface area contributed by atoms with Crippen molar-refractivity contribution in [2.75, 3.05) is 26.4 Å². The monoisotopic (exact) mass is 746 g/mol. The van der Waals surface area contributed by atoms with Crippen LogP contribution >= 0.6 is 0 Å². The number of allylic oxidation sites excluding steroid dienone is 8. The molecule has 0 radical (unpaired) electrons. The minimum atomic E-state index is -5.06. The molecule has 0 spiro atoms. The van der Waals surface area contributed by atoms with E-state index < -0.39 is 59.8 Å². The third kappa shape index (κ3) is 24.8. The summed E-state index contributed by atoms with van der Waals surface area (Å²) in [4.78, 5) is 12.7. The largest absolute Gasteiger partial charge is 0.457 e. The van der Waals surface area contributed by atoms with E-state index in [2.05, 4.69) is 66.6 Å². The Kier molecular flexibility index (Phi) is 28.2. The van der Waals surface area contributed by atoms with Crippen LogP contribution in [-0.2, 0) is 38.3 Å². The van der Waals surface area contributed by atoms with E-state index in [0.717, 1.165) is 70.6 Å². The molecular weight excluding hydrogens is 680 g/mol. The fourth-order valence-electron chi connectivity index (χ4n) is 5.37. The van der Waals surface area contributed by atoms with Crippen molar-refractivity contribution in [2.24, 2.45) is 0 Å². The molecule has 1 aliphatic heterocycles. The predicted octanol–water partition coefficient (Wildman–Crippen LogP) is 6.45. The summed E-state index contributed by atoms with van der Waals surface area (Å²) in [5.41, 5.74) is 0. The van der Waals surface area contributed by atoms with Crippen LogP contribution in [-0.4, -0.2) is 97.5 Å². The van der Waals surface area contributed by atoms with Crippen LogP contribution in [0.5, 0.6) is 0 Å². The first-order chi connectivity index (χ1) is 24.6. The van der Waals surface area contributed by atoms with Gasteiger partial charge in [0.25, 0.3) is 0 Å². The Labute approximate surface area is 306 Å². The molecule has 0 aromatic rings. The van der Waals surface area contributed by atoms with Gasteiger partial charge in [-0.05, 0) is 51.4 Å². The number of ether oxygens (including phenoxy) is 4. The van der Waals surface area contributed by atoms with Crippen molar-refractivity contribution in [1.29, 1.82) is 0 Å². The molecule has 0 amide bonds. The van der Waals surface area contributed by atoms with Crippen LogP contribution < -0.4 is 0 Å². The lowest BCUT2D eigenvalue weighted by molar-refractivity contribution is -0.301. The highest BCUT2D eigenvalue weighted by Crippen LogP contribution is 2.26. The normalized spacial score (nSPS) is 22.2. The second-order valence-electron chi connectivity index (χ2n) is 12.8. The van der Waals surface area contributed by atoms with Crippen molar-refractivity contribution in [1.82, 2.24) is 0 Å². The molecule has 1 saturated heterocycles. The van der Waals surface area contributed by atoms with E-state index in [-0.39, 0.29) is 19.6 Å². The lowest BCUT2D eigenvalue weighted by atomic mass is 9.99. The number of aliphatic hydroxyl groups is 3. The van der Waals surface area contributed by atoms with Crippen LogP contribution in [0.2, 0.25) is 0 Å². The molecule has 51 heavy (non-hydrogen) atoms. The van der Waals surface area contributed by atoms with Gasteiger partial charge in [-0.25, -0.2) is 4.18 Å². The zero-order valence-corrected chi connectivity index (χ0v) is 31.7. The van der Waals surface area contributed by atoms with Crippen molar-refractivity contribution < 1.29 is 56.2 Å². The van der Waals surface area contributed by atoms with Gasteiger partial charge >= 0.3 is 16.4 Å². The average Bonchev–Trinajstić information content (AvgIpc) is 3.09. The molecule has 12 nitrogen and oxygen atoms in total. The standard InChI is InChI=1S/C38H66O12S/c1-3-5-7-9-11-13-14-15-16-17-18-19-20-22-24-26-28-46-30-32(48-34(40)27-25-23-21-12-10-8-6-4-2)31-47-38-36(42)37(50-51(43,44)45)35(41)33(29-39)49-38/h5,7,11,13,15-16,18-19,32-33,35-39,41-42H,3-4,6,8-10,12,14,17,20-31H2,1-2H3,(H,43,44,45)/b7-5-,13-11-,16-15-,19-18-. The molecule has 296 valence electrons. The summed E-state index contributed by atoms with van der Waals surface area (Å²) in [5, 5.41) is 30.5. The van der Waals surface area contributed by atoms with Crippen LogP contribution in [0.4, 0.5) is 0 Å². The number of carbonyl (C=O) groups is 1. The smallest absolute Gasteiger partial charge is 0.397 e. The number of esters is 1. The maximum Gasteiger partial charge on any atom is 0.397 e. The highest BCUT2D eigenvalue weighted by Gasteiger charge is 2.48. The van der Waals surface area contributed by atoms with Gasteiger partial charge in [0.05, 0.1) is 19.8 Å². The van der Waals surface area contributed by atoms with E-state index in [1.807, 2.05) is 0 Å². The van der Waals surface area contributed by atoms with E-state index in [4.69, 9.17) is 23.5 Å². The second kappa shape index (κ2) is 30.5. The van der Waals surface area contributed by atoms with Crippen LogP contribution in [0, 0.1) is 0 Å². The molecular formula is C38H66O12S. The number of carbonyl (C=O) groups excluding carboxylic acids is 1. The van der Waals surface area contributed by atoms with Gasteiger partial charge in [-0.2, -0.15) is 8.42 Å². The summed E-state index contributed by atoms with van der Waals surface area (Å²) in [6.07, 6.45) is 24.6. The van der Waals surface area contributed by atoms with Gasteiger partial charge in [0.15, 0.2) is 6.29 Å². The SMILES string of the molecule is CC/C=C\C/C=C\C/C=C\C/C=C\CCCCCOCC(COC1OC(CO)C(O)C(OS(=O)(=O)O)C1O)OC(=O)CCCCCCCCCC. The van der Waals surface area contributed by atoms with Gasteiger partial charge in [0.1, 0.15) is 30.5 Å². The fraction of sp³-hybridized carbons (Fsp3) is 0.763. The first kappa shape index (κ1) is 47.1. The van der Waals surface area contributed by atoms with Crippen molar-refractivity contribution in [3.8, 4) is 0 Å². The quantitative estimate of drug-likeness (QED) is 0.0264. The molecule has 13 heteroatoms. The topological polar surface area (TPSA) is 178 Å². The molecule has 0 bridgehead atoms. The predicted molar refractivity (Wildman–Crippen MR) is 197 cm³/mol. The first-order valence-corrected chi connectivity index (χ1v) is 20.3. The molecule has 6 unspecified atom stereocenters. The summed E-state index contributed by atoms with van der Waals surface area (Å²) < 4.78 is 58.6. The van der Waals surface area contributed by atoms with Crippen molar-refractivity contribution in [2.45, 2.75) is 160 Å². The third-order valence-corrected chi connectivity index (χ3v) is 8.68. The Hall–Kier alpha value is -1.94. The zero-order chi connectivity index (χ0) is 37.6. The molecule has 6 atom stereocenters. The van der Waals surface area contributed by atoms with E-state index in [9.17, 15) is 28.5 Å². The van der Waals surface area contributed by atoms with E-state index in [0.29, 0.717) is 13.0 Å². The summed E-state index contributed by atoms with van der Waals surface area (Å²) >= 11 is 0. The number of hydrogen-bond donors (Lipinski definition) is 4. The minimum Gasteiger partial charge on any atom is -0.457 e. The maximum atomic E-state index is 12.7. The van der Waals surface area contributed by atoms with Crippen LogP contribution in [0.3, 0.4) is 0 Å². The zero-order valence-electron chi connectivity index (χ0n) is 30.9. The van der Waals surface area contributed by atoms with Crippen molar-refractivity contribution >= 4 is 16.4 Å². The maximum absolute atomic E-state index is 12.7. The molecule has 1 aliphatic rings. The van der Waals surface area contributed by atoms with E-state index in [1.54, 1.807) is 0 Å². The second-order valence-corrected chi connectivity index (χ2v) is 13.8. The average molecular weight is 747 g/mol. The summed E-state index contributed by atoms with van der Waals surface area (Å²) in [6.45, 7) is 3.72. The lowest BCUT2D eigenvalue weighted by Crippen LogP contribution is -2.60. The molecule has 0 aromatic carbocycles. The van der Waals surface area contributed by atoms with Gasteiger partial charge < -0.3 is 34.3 Å². The Balaban J connectivity index is 2.52.